The van der Waals surface area contributed by atoms with Gasteiger partial charge in [0.15, 0.2) is 0 Å². The minimum absolute atomic E-state index is 0.0947. The van der Waals surface area contributed by atoms with Crippen LogP contribution in [-0.2, 0) is 11.3 Å². The van der Waals surface area contributed by atoms with E-state index in [1.54, 1.807) is 0 Å². The van der Waals surface area contributed by atoms with Crippen molar-refractivity contribution in [2.75, 3.05) is 26.7 Å². The fraction of sp³-hybridized carbons (Fsp3) is 0.562. The Morgan fingerprint density at radius 1 is 1.32 bits per heavy atom. The molecule has 0 saturated carbocycles. The fourth-order valence-electron chi connectivity index (χ4n) is 2.06. The van der Waals surface area contributed by atoms with Gasteiger partial charge in [-0.2, -0.15) is 0 Å². The van der Waals surface area contributed by atoms with Gasteiger partial charge < -0.3 is 15.0 Å². The lowest BCUT2D eigenvalue weighted by Crippen LogP contribution is -2.36. The van der Waals surface area contributed by atoms with Crippen LogP contribution >= 0.6 is 0 Å². The highest BCUT2D eigenvalue weighted by atomic mass is 16.1. The smallest absolute Gasteiger partial charge is 0.123 e. The highest BCUT2D eigenvalue weighted by Gasteiger charge is 2.17. The molecule has 3 heteroatoms. The van der Waals surface area contributed by atoms with Crippen molar-refractivity contribution < 1.29 is 4.79 Å². The van der Waals surface area contributed by atoms with Crippen LogP contribution < -0.4 is 5.32 Å². The SMILES string of the molecule is CCN(C)CC(CNCc1ccccc1)[C@@H](C)C=O. The number of benzene rings is 1. The minimum Gasteiger partial charge on any atom is -0.312 e. The second kappa shape index (κ2) is 8.83. The van der Waals surface area contributed by atoms with E-state index in [0.29, 0.717) is 5.92 Å². The van der Waals surface area contributed by atoms with Crippen molar-refractivity contribution in [3.05, 3.63) is 35.9 Å². The lowest BCUT2D eigenvalue weighted by atomic mass is 9.94. The fourth-order valence-corrected chi connectivity index (χ4v) is 2.06. The third-order valence-corrected chi connectivity index (χ3v) is 3.62. The van der Waals surface area contributed by atoms with Crippen molar-refractivity contribution in [3.8, 4) is 0 Å². The van der Waals surface area contributed by atoms with Crippen molar-refractivity contribution in [2.24, 2.45) is 11.8 Å². The summed E-state index contributed by atoms with van der Waals surface area (Å²) < 4.78 is 0. The van der Waals surface area contributed by atoms with Gasteiger partial charge >= 0.3 is 0 Å². The summed E-state index contributed by atoms with van der Waals surface area (Å²) in [6, 6.07) is 10.4. The standard InChI is InChI=1S/C16H26N2O/c1-4-18(3)12-16(14(2)13-19)11-17-10-15-8-6-5-7-9-15/h5-9,13-14,16-17H,4,10-12H2,1-3H3/t14-,16?/m0/s1. The van der Waals surface area contributed by atoms with Gasteiger partial charge in [-0.25, -0.2) is 0 Å². The molecule has 106 valence electrons. The van der Waals surface area contributed by atoms with Crippen molar-refractivity contribution in [1.29, 1.82) is 0 Å². The minimum atomic E-state index is 0.0947. The summed E-state index contributed by atoms with van der Waals surface area (Å²) in [6.07, 6.45) is 1.07. The van der Waals surface area contributed by atoms with E-state index in [-0.39, 0.29) is 5.92 Å². The number of rotatable bonds is 9. The number of hydrogen-bond donors (Lipinski definition) is 1. The largest absolute Gasteiger partial charge is 0.312 e. The molecule has 19 heavy (non-hydrogen) atoms. The average Bonchev–Trinajstić information content (AvgIpc) is 2.46. The Bertz CT molecular complexity index is 353. The van der Waals surface area contributed by atoms with Gasteiger partial charge in [0.1, 0.15) is 6.29 Å². The summed E-state index contributed by atoms with van der Waals surface area (Å²) in [5.41, 5.74) is 1.28. The van der Waals surface area contributed by atoms with Crippen molar-refractivity contribution in [1.82, 2.24) is 10.2 Å². The number of carbonyl (C=O) groups excluding carboxylic acids is 1. The molecular weight excluding hydrogens is 236 g/mol. The first-order valence-corrected chi connectivity index (χ1v) is 7.05. The summed E-state index contributed by atoms with van der Waals surface area (Å²) in [6.45, 7) is 7.85. The molecule has 3 nitrogen and oxygen atoms in total. The number of carbonyl (C=O) groups is 1. The van der Waals surface area contributed by atoms with E-state index >= 15 is 0 Å². The van der Waals surface area contributed by atoms with Crippen LogP contribution in [0.2, 0.25) is 0 Å². The van der Waals surface area contributed by atoms with Crippen LogP contribution in [0, 0.1) is 11.8 Å². The van der Waals surface area contributed by atoms with Crippen LogP contribution in [0.25, 0.3) is 0 Å². The number of nitrogens with zero attached hydrogens (tertiary/aromatic N) is 1. The predicted octanol–water partition coefficient (Wildman–Crippen LogP) is 2.18. The molecule has 0 radical (unpaired) electrons. The molecule has 0 saturated heterocycles. The zero-order valence-electron chi connectivity index (χ0n) is 12.3. The van der Waals surface area contributed by atoms with Crippen LogP contribution in [-0.4, -0.2) is 37.9 Å². The Hall–Kier alpha value is -1.19. The van der Waals surface area contributed by atoms with E-state index in [1.165, 1.54) is 5.56 Å². The van der Waals surface area contributed by atoms with Gasteiger partial charge in [-0.1, -0.05) is 44.2 Å². The van der Waals surface area contributed by atoms with Crippen LogP contribution in [0.4, 0.5) is 0 Å². The quantitative estimate of drug-likeness (QED) is 0.692. The Morgan fingerprint density at radius 2 is 2.00 bits per heavy atom. The molecule has 0 aromatic heterocycles. The normalized spacial score (nSPS) is 14.3. The molecule has 0 aliphatic carbocycles. The first-order chi connectivity index (χ1) is 9.17. The Labute approximate surface area is 117 Å². The summed E-state index contributed by atoms with van der Waals surface area (Å²) in [5, 5.41) is 3.46. The third kappa shape index (κ3) is 5.99. The maximum absolute atomic E-state index is 11.0. The topological polar surface area (TPSA) is 32.3 Å². The number of nitrogens with one attached hydrogen (secondary N) is 1. The summed E-state index contributed by atoms with van der Waals surface area (Å²) in [7, 11) is 2.10. The molecule has 1 unspecified atom stereocenters. The molecule has 0 heterocycles. The summed E-state index contributed by atoms with van der Waals surface area (Å²) in [5.74, 6) is 0.462. The van der Waals surface area contributed by atoms with Crippen molar-refractivity contribution in [2.45, 2.75) is 20.4 Å². The van der Waals surface area contributed by atoms with Crippen LogP contribution in [0.5, 0.6) is 0 Å². The summed E-state index contributed by atoms with van der Waals surface area (Å²) >= 11 is 0. The monoisotopic (exact) mass is 262 g/mol. The predicted molar refractivity (Wildman–Crippen MR) is 80.0 cm³/mol. The zero-order chi connectivity index (χ0) is 14.1. The van der Waals surface area contributed by atoms with Crippen LogP contribution in [0.15, 0.2) is 30.3 Å². The molecule has 0 aliphatic rings. The van der Waals surface area contributed by atoms with Crippen LogP contribution in [0.1, 0.15) is 19.4 Å². The molecule has 1 rings (SSSR count). The maximum atomic E-state index is 11.0. The number of aldehydes is 1. The molecule has 0 amide bonds. The van der Waals surface area contributed by atoms with E-state index in [4.69, 9.17) is 0 Å². The highest BCUT2D eigenvalue weighted by molar-refractivity contribution is 5.53. The molecule has 0 aliphatic heterocycles. The Kier molecular flexibility index (Phi) is 7.38. The average molecular weight is 262 g/mol. The Morgan fingerprint density at radius 3 is 2.58 bits per heavy atom. The lowest BCUT2D eigenvalue weighted by molar-refractivity contribution is -0.112. The molecule has 1 aromatic rings. The molecule has 0 spiro atoms. The van der Waals surface area contributed by atoms with Crippen molar-refractivity contribution >= 4 is 6.29 Å². The van der Waals surface area contributed by atoms with Gasteiger partial charge in [-0.3, -0.25) is 0 Å². The lowest BCUT2D eigenvalue weighted by Gasteiger charge is -2.25. The van der Waals surface area contributed by atoms with E-state index in [0.717, 1.165) is 32.5 Å². The van der Waals surface area contributed by atoms with Gasteiger partial charge in [0, 0.05) is 25.6 Å². The molecule has 2 atom stereocenters. The highest BCUT2D eigenvalue weighted by Crippen LogP contribution is 2.10. The van der Waals surface area contributed by atoms with E-state index < -0.39 is 0 Å². The second-order valence-corrected chi connectivity index (χ2v) is 5.23. The van der Waals surface area contributed by atoms with Gasteiger partial charge in [-0.15, -0.1) is 0 Å². The van der Waals surface area contributed by atoms with Gasteiger partial charge in [-0.05, 0) is 25.1 Å². The van der Waals surface area contributed by atoms with Crippen molar-refractivity contribution in [3.63, 3.8) is 0 Å². The third-order valence-electron chi connectivity index (χ3n) is 3.62. The van der Waals surface area contributed by atoms with Crippen LogP contribution in [0.3, 0.4) is 0 Å². The van der Waals surface area contributed by atoms with E-state index in [1.807, 2.05) is 25.1 Å². The molecule has 0 bridgehead atoms. The first-order valence-electron chi connectivity index (χ1n) is 7.05. The first kappa shape index (κ1) is 15.9. The Balaban J connectivity index is 2.42. The summed E-state index contributed by atoms with van der Waals surface area (Å²) in [4.78, 5) is 13.3. The second-order valence-electron chi connectivity index (χ2n) is 5.23. The molecule has 1 N–H and O–H groups in total. The zero-order valence-corrected chi connectivity index (χ0v) is 12.3. The number of hydrogen-bond acceptors (Lipinski definition) is 3. The van der Waals surface area contributed by atoms with Gasteiger partial charge in [0.25, 0.3) is 0 Å². The molecule has 1 aromatic carbocycles. The van der Waals surface area contributed by atoms with Gasteiger partial charge in [0.05, 0.1) is 0 Å². The van der Waals surface area contributed by atoms with E-state index in [2.05, 4.69) is 36.3 Å². The maximum Gasteiger partial charge on any atom is 0.123 e. The molecular formula is C16H26N2O. The van der Waals surface area contributed by atoms with Gasteiger partial charge in [0.2, 0.25) is 0 Å². The van der Waals surface area contributed by atoms with E-state index in [9.17, 15) is 4.79 Å². The molecule has 0 fully saturated rings.